The van der Waals surface area contributed by atoms with E-state index < -0.39 is 0 Å². The van der Waals surface area contributed by atoms with Crippen molar-refractivity contribution in [2.45, 2.75) is 25.9 Å². The van der Waals surface area contributed by atoms with Crippen molar-refractivity contribution in [3.05, 3.63) is 58.6 Å². The molecule has 1 atom stereocenters. The molecule has 108 valence electrons. The number of nitrogens with zero attached hydrogens (tertiary/aromatic N) is 4. The Hall–Kier alpha value is -2.14. The van der Waals surface area contributed by atoms with Crippen molar-refractivity contribution in [3.8, 4) is 0 Å². The predicted octanol–water partition coefficient (Wildman–Crippen LogP) is 2.90. The third-order valence-electron chi connectivity index (χ3n) is 3.61. The summed E-state index contributed by atoms with van der Waals surface area (Å²) >= 11 is 6.16. The van der Waals surface area contributed by atoms with Gasteiger partial charge in [0.2, 0.25) is 0 Å². The first kappa shape index (κ1) is 13.8. The zero-order chi connectivity index (χ0) is 14.8. The van der Waals surface area contributed by atoms with Gasteiger partial charge in [0.1, 0.15) is 0 Å². The average molecular weight is 303 g/mol. The Morgan fingerprint density at radius 3 is 2.90 bits per heavy atom. The van der Waals surface area contributed by atoms with Crippen molar-refractivity contribution in [2.24, 2.45) is 0 Å². The normalized spacial score (nSPS) is 12.7. The molecule has 0 aliphatic carbocycles. The van der Waals surface area contributed by atoms with Crippen LogP contribution in [0.2, 0.25) is 5.02 Å². The van der Waals surface area contributed by atoms with Crippen LogP contribution in [0.4, 0.5) is 0 Å². The molecule has 0 spiro atoms. The summed E-state index contributed by atoms with van der Waals surface area (Å²) in [6.07, 6.45) is 7.77. The Labute approximate surface area is 126 Å². The topological polar surface area (TPSA) is 52.7 Å². The Bertz CT molecular complexity index is 810. The molecular formula is C15H15ClN4O. The van der Waals surface area contributed by atoms with Gasteiger partial charge in [-0.25, -0.2) is 9.97 Å². The number of imidazole rings is 1. The fourth-order valence-electron chi connectivity index (χ4n) is 2.45. The van der Waals surface area contributed by atoms with Gasteiger partial charge in [0.25, 0.3) is 5.56 Å². The van der Waals surface area contributed by atoms with Crippen molar-refractivity contribution < 1.29 is 0 Å². The number of hydrogen-bond donors (Lipinski definition) is 0. The quantitative estimate of drug-likeness (QED) is 0.744. The zero-order valence-corrected chi connectivity index (χ0v) is 12.4. The lowest BCUT2D eigenvalue weighted by molar-refractivity contribution is 0.406. The summed E-state index contributed by atoms with van der Waals surface area (Å²) < 4.78 is 3.62. The van der Waals surface area contributed by atoms with E-state index in [0.717, 1.165) is 6.42 Å². The van der Waals surface area contributed by atoms with E-state index in [0.29, 0.717) is 22.5 Å². The van der Waals surface area contributed by atoms with E-state index in [1.54, 1.807) is 41.6 Å². The van der Waals surface area contributed by atoms with Crippen LogP contribution in [0.1, 0.15) is 19.4 Å². The van der Waals surface area contributed by atoms with Crippen molar-refractivity contribution in [1.82, 2.24) is 19.1 Å². The van der Waals surface area contributed by atoms with Crippen LogP contribution in [0.15, 0.2) is 48.0 Å². The smallest absolute Gasteiger partial charge is 0.263 e. The summed E-state index contributed by atoms with van der Waals surface area (Å²) in [5.74, 6) is 0. The molecular weight excluding hydrogens is 288 g/mol. The van der Waals surface area contributed by atoms with Gasteiger partial charge >= 0.3 is 0 Å². The molecule has 3 rings (SSSR count). The monoisotopic (exact) mass is 302 g/mol. The molecule has 2 aromatic heterocycles. The van der Waals surface area contributed by atoms with E-state index in [4.69, 9.17) is 11.6 Å². The van der Waals surface area contributed by atoms with Crippen LogP contribution in [-0.4, -0.2) is 19.1 Å². The number of rotatable bonds is 4. The minimum Gasteiger partial charge on any atom is -0.335 e. The second kappa shape index (κ2) is 5.69. The van der Waals surface area contributed by atoms with Gasteiger partial charge < -0.3 is 4.57 Å². The molecule has 0 fully saturated rings. The van der Waals surface area contributed by atoms with Gasteiger partial charge in [-0.2, -0.15) is 0 Å². The molecule has 6 heteroatoms. The number of hydrogen-bond acceptors (Lipinski definition) is 3. The summed E-state index contributed by atoms with van der Waals surface area (Å²) in [5, 5.41) is 0.919. The predicted molar refractivity (Wildman–Crippen MR) is 82.6 cm³/mol. The number of benzene rings is 1. The number of fused-ring (bicyclic) bond motifs is 1. The first-order valence-electron chi connectivity index (χ1n) is 6.81. The average Bonchev–Trinajstić information content (AvgIpc) is 2.99. The number of aromatic nitrogens is 4. The van der Waals surface area contributed by atoms with Crippen LogP contribution in [0.3, 0.4) is 0 Å². The van der Waals surface area contributed by atoms with Gasteiger partial charge in [-0.15, -0.1) is 0 Å². The van der Waals surface area contributed by atoms with Gasteiger partial charge in [0.15, 0.2) is 0 Å². The highest BCUT2D eigenvalue weighted by atomic mass is 35.5. The van der Waals surface area contributed by atoms with Crippen LogP contribution in [0.5, 0.6) is 0 Å². The van der Waals surface area contributed by atoms with E-state index in [-0.39, 0.29) is 11.6 Å². The first-order valence-corrected chi connectivity index (χ1v) is 7.19. The van der Waals surface area contributed by atoms with Crippen LogP contribution in [0.25, 0.3) is 10.9 Å². The lowest BCUT2D eigenvalue weighted by Gasteiger charge is -2.18. The zero-order valence-electron chi connectivity index (χ0n) is 11.6. The molecule has 0 bridgehead atoms. The molecule has 1 aromatic carbocycles. The largest absolute Gasteiger partial charge is 0.335 e. The third-order valence-corrected chi connectivity index (χ3v) is 3.92. The molecule has 5 nitrogen and oxygen atoms in total. The minimum atomic E-state index is -0.0995. The lowest BCUT2D eigenvalue weighted by Crippen LogP contribution is -2.27. The van der Waals surface area contributed by atoms with Crippen LogP contribution >= 0.6 is 11.6 Å². The summed E-state index contributed by atoms with van der Waals surface area (Å²) in [4.78, 5) is 21.1. The van der Waals surface area contributed by atoms with Crippen molar-refractivity contribution in [1.29, 1.82) is 0 Å². The van der Waals surface area contributed by atoms with Gasteiger partial charge in [-0.1, -0.05) is 24.6 Å². The van der Waals surface area contributed by atoms with Crippen molar-refractivity contribution >= 4 is 22.5 Å². The molecule has 2 heterocycles. The van der Waals surface area contributed by atoms with Crippen LogP contribution < -0.4 is 5.56 Å². The summed E-state index contributed by atoms with van der Waals surface area (Å²) in [7, 11) is 0. The van der Waals surface area contributed by atoms with E-state index in [1.807, 2.05) is 17.7 Å². The Kier molecular flexibility index (Phi) is 3.75. The Balaban J connectivity index is 2.08. The third kappa shape index (κ3) is 2.56. The second-order valence-electron chi connectivity index (χ2n) is 4.91. The van der Waals surface area contributed by atoms with E-state index in [1.165, 1.54) is 0 Å². The highest BCUT2D eigenvalue weighted by molar-refractivity contribution is 6.35. The van der Waals surface area contributed by atoms with Crippen LogP contribution in [-0.2, 0) is 6.54 Å². The molecule has 0 amide bonds. The Morgan fingerprint density at radius 1 is 1.33 bits per heavy atom. The summed E-state index contributed by atoms with van der Waals surface area (Å²) in [6.45, 7) is 2.72. The van der Waals surface area contributed by atoms with Gasteiger partial charge in [-0.05, 0) is 18.6 Å². The second-order valence-corrected chi connectivity index (χ2v) is 5.32. The SMILES string of the molecule is CC[C@@H](Cn1ccnc1)n1cnc2cccc(Cl)c2c1=O. The highest BCUT2D eigenvalue weighted by Crippen LogP contribution is 2.19. The van der Waals surface area contributed by atoms with E-state index in [9.17, 15) is 4.79 Å². The molecule has 0 N–H and O–H groups in total. The standard InChI is InChI=1S/C15H15ClN4O/c1-2-11(8-19-7-6-17-9-19)20-10-18-13-5-3-4-12(16)14(13)15(20)21/h3-7,9-11H,2,8H2,1H3/t11-/m0/s1. The molecule has 3 aromatic rings. The molecule has 0 saturated heterocycles. The maximum Gasteiger partial charge on any atom is 0.263 e. The van der Waals surface area contributed by atoms with E-state index >= 15 is 0 Å². The maximum absolute atomic E-state index is 12.7. The molecule has 0 unspecified atom stereocenters. The fourth-order valence-corrected chi connectivity index (χ4v) is 2.70. The molecule has 0 radical (unpaired) electrons. The molecule has 0 aliphatic rings. The van der Waals surface area contributed by atoms with Gasteiger partial charge in [0, 0.05) is 18.9 Å². The highest BCUT2D eigenvalue weighted by Gasteiger charge is 2.14. The lowest BCUT2D eigenvalue weighted by atomic mass is 10.2. The first-order chi connectivity index (χ1) is 10.2. The fraction of sp³-hybridized carbons (Fsp3) is 0.267. The van der Waals surface area contributed by atoms with Gasteiger partial charge in [0.05, 0.1) is 34.6 Å². The number of halogens is 1. The molecule has 21 heavy (non-hydrogen) atoms. The van der Waals surface area contributed by atoms with E-state index in [2.05, 4.69) is 9.97 Å². The minimum absolute atomic E-state index is 0.0138. The molecule has 0 aliphatic heterocycles. The van der Waals surface area contributed by atoms with Crippen molar-refractivity contribution in [2.75, 3.05) is 0 Å². The Morgan fingerprint density at radius 2 is 2.19 bits per heavy atom. The van der Waals surface area contributed by atoms with Crippen molar-refractivity contribution in [3.63, 3.8) is 0 Å². The van der Waals surface area contributed by atoms with Crippen LogP contribution in [0, 0.1) is 0 Å². The van der Waals surface area contributed by atoms with Gasteiger partial charge in [-0.3, -0.25) is 9.36 Å². The summed E-state index contributed by atoms with van der Waals surface area (Å²) in [5.41, 5.74) is 0.527. The summed E-state index contributed by atoms with van der Waals surface area (Å²) in [6, 6.07) is 5.32. The maximum atomic E-state index is 12.7. The molecule has 0 saturated carbocycles.